The van der Waals surface area contributed by atoms with Gasteiger partial charge in [0.05, 0.1) is 11.2 Å². The zero-order valence-electron chi connectivity index (χ0n) is 23.2. The highest BCUT2D eigenvalue weighted by Gasteiger charge is 2.81. The molecule has 1 aromatic rings. The number of rotatable bonds is 4. The molecule has 1 spiro atoms. The van der Waals surface area contributed by atoms with Crippen LogP contribution in [0.15, 0.2) is 41.0 Å². The Hall–Kier alpha value is -3.12. The summed E-state index contributed by atoms with van der Waals surface area (Å²) in [5.74, 6) is -0.267. The molecule has 6 heteroatoms. The van der Waals surface area contributed by atoms with Crippen LogP contribution in [-0.2, 0) is 16.0 Å². The number of hydrogen-bond acceptors (Lipinski definition) is 6. The van der Waals surface area contributed by atoms with Crippen molar-refractivity contribution in [3.8, 4) is 17.2 Å². The van der Waals surface area contributed by atoms with Crippen LogP contribution < -0.4 is 9.47 Å². The van der Waals surface area contributed by atoms with Crippen LogP contribution in [0.2, 0.25) is 0 Å². The molecule has 1 saturated heterocycles. The van der Waals surface area contributed by atoms with Crippen molar-refractivity contribution in [2.75, 3.05) is 0 Å². The number of carbonyl (C=O) groups excluding carboxylic acids is 2. The van der Waals surface area contributed by atoms with Gasteiger partial charge >= 0.3 is 0 Å². The second-order valence-corrected chi connectivity index (χ2v) is 12.5. The molecular formula is C32H36O6. The van der Waals surface area contributed by atoms with Gasteiger partial charge in [-0.05, 0) is 73.5 Å². The molecule has 1 N–H and O–H groups in total. The maximum absolute atomic E-state index is 14.4. The van der Waals surface area contributed by atoms with Crippen LogP contribution in [0.5, 0.6) is 17.2 Å². The number of phenolic OH excluding ortho intramolecular Hbond substituents is 1. The van der Waals surface area contributed by atoms with Crippen LogP contribution in [0.3, 0.4) is 0 Å². The first kappa shape index (κ1) is 25.2. The first-order valence-electron chi connectivity index (χ1n) is 13.6. The molecular weight excluding hydrogens is 480 g/mol. The van der Waals surface area contributed by atoms with E-state index in [2.05, 4.69) is 6.08 Å². The van der Waals surface area contributed by atoms with Crippen molar-refractivity contribution in [1.82, 2.24) is 0 Å². The molecule has 5 atom stereocenters. The molecule has 0 aromatic heterocycles. The maximum atomic E-state index is 14.4. The molecule has 0 amide bonds. The SMILES string of the molecule is CC(C)=CCc1c2c(c(O)c3c1OC14C(=CC5CC1C(C)(C)OC4(CC=C(C)C)C5=O)C3=O)C=CC(C)O2. The maximum Gasteiger partial charge on any atom is 0.200 e. The van der Waals surface area contributed by atoms with E-state index in [1.54, 1.807) is 6.08 Å². The third-order valence-electron chi connectivity index (χ3n) is 8.96. The highest BCUT2D eigenvalue weighted by molar-refractivity contribution is 6.19. The summed E-state index contributed by atoms with van der Waals surface area (Å²) in [4.78, 5) is 28.5. The van der Waals surface area contributed by atoms with E-state index in [1.807, 2.05) is 66.7 Å². The number of ketones is 2. The Morgan fingerprint density at radius 1 is 1.11 bits per heavy atom. The molecule has 3 aliphatic carbocycles. The topological polar surface area (TPSA) is 82.1 Å². The lowest BCUT2D eigenvalue weighted by molar-refractivity contribution is -0.171. The first-order chi connectivity index (χ1) is 17.8. The van der Waals surface area contributed by atoms with E-state index < -0.39 is 22.7 Å². The fourth-order valence-corrected chi connectivity index (χ4v) is 7.30. The van der Waals surface area contributed by atoms with E-state index in [1.165, 1.54) is 0 Å². The van der Waals surface area contributed by atoms with Crippen LogP contribution in [0.4, 0.5) is 0 Å². The molecule has 3 heterocycles. The lowest BCUT2D eigenvalue weighted by atomic mass is 9.51. The van der Waals surface area contributed by atoms with Crippen molar-refractivity contribution in [2.45, 2.75) is 90.6 Å². The summed E-state index contributed by atoms with van der Waals surface area (Å²) in [5, 5.41) is 11.5. The minimum absolute atomic E-state index is 0.0299. The van der Waals surface area contributed by atoms with Crippen LogP contribution >= 0.6 is 0 Å². The third-order valence-corrected chi connectivity index (χ3v) is 8.96. The van der Waals surface area contributed by atoms with Gasteiger partial charge in [-0.15, -0.1) is 0 Å². The number of hydrogen-bond donors (Lipinski definition) is 1. The largest absolute Gasteiger partial charge is 0.506 e. The minimum atomic E-state index is -1.33. The molecule has 3 aliphatic heterocycles. The summed E-state index contributed by atoms with van der Waals surface area (Å²) in [5.41, 5.74) is 0.658. The molecule has 5 unspecified atom stereocenters. The van der Waals surface area contributed by atoms with Gasteiger partial charge in [0.1, 0.15) is 28.9 Å². The Kier molecular flexibility index (Phi) is 5.27. The van der Waals surface area contributed by atoms with Crippen LogP contribution in [0.1, 0.15) is 82.8 Å². The number of ether oxygens (including phenoxy) is 3. The van der Waals surface area contributed by atoms with E-state index in [0.717, 1.165) is 11.1 Å². The second kappa shape index (κ2) is 7.95. The van der Waals surface area contributed by atoms with Gasteiger partial charge in [-0.1, -0.05) is 29.4 Å². The van der Waals surface area contributed by atoms with Gasteiger partial charge in [0.2, 0.25) is 0 Å². The van der Waals surface area contributed by atoms with Crippen molar-refractivity contribution in [1.29, 1.82) is 0 Å². The summed E-state index contributed by atoms with van der Waals surface area (Å²) in [6, 6.07) is 0. The number of fused-ring (bicyclic) bond motifs is 2. The fourth-order valence-electron chi connectivity index (χ4n) is 7.30. The van der Waals surface area contributed by atoms with Gasteiger partial charge in [-0.25, -0.2) is 0 Å². The normalized spacial score (nSPS) is 32.9. The Bertz CT molecular complexity index is 1410. The zero-order chi connectivity index (χ0) is 27.4. The quantitative estimate of drug-likeness (QED) is 0.490. The molecule has 6 nitrogen and oxygen atoms in total. The average Bonchev–Trinajstić information content (AvgIpc) is 2.99. The Labute approximate surface area is 224 Å². The Balaban J connectivity index is 1.67. The average molecular weight is 517 g/mol. The van der Waals surface area contributed by atoms with Gasteiger partial charge in [-0.2, -0.15) is 0 Å². The minimum Gasteiger partial charge on any atom is -0.506 e. The number of allylic oxidation sites excluding steroid dienone is 4. The monoisotopic (exact) mass is 516 g/mol. The number of Topliss-reactive ketones (excluding diaryl/α,β-unsaturated/α-hetero) is 2. The number of benzene rings is 1. The third kappa shape index (κ3) is 3.04. The van der Waals surface area contributed by atoms with E-state index in [9.17, 15) is 14.7 Å². The summed E-state index contributed by atoms with van der Waals surface area (Å²) in [6.07, 6.45) is 10.7. The van der Waals surface area contributed by atoms with Crippen LogP contribution in [-0.4, -0.2) is 39.6 Å². The zero-order valence-corrected chi connectivity index (χ0v) is 23.2. The van der Waals surface area contributed by atoms with E-state index in [0.29, 0.717) is 47.5 Å². The second-order valence-electron chi connectivity index (χ2n) is 12.5. The molecule has 6 aliphatic rings. The lowest BCUT2D eigenvalue weighted by Gasteiger charge is -2.56. The number of phenols is 1. The van der Waals surface area contributed by atoms with Gasteiger partial charge in [0.25, 0.3) is 0 Å². The molecule has 1 saturated carbocycles. The highest BCUT2D eigenvalue weighted by Crippen LogP contribution is 2.68. The van der Waals surface area contributed by atoms with Crippen molar-refractivity contribution >= 4 is 17.6 Å². The van der Waals surface area contributed by atoms with Gasteiger partial charge in [0, 0.05) is 29.4 Å². The summed E-state index contributed by atoms with van der Waals surface area (Å²) >= 11 is 0. The summed E-state index contributed by atoms with van der Waals surface area (Å²) < 4.78 is 20.1. The Morgan fingerprint density at radius 3 is 2.50 bits per heavy atom. The standard InChI is InChI=1S/C32H36O6/c1-16(2)8-10-21-27-20(11-9-18(5)36-27)25(33)24-26(34)22-14-19-15-23-30(6,7)38-31(29(19)35,13-12-17(3)4)32(22,23)37-28(21)24/h8-9,11-12,14,18-19,23,33H,10,13,15H2,1-7H3. The van der Waals surface area contributed by atoms with Crippen molar-refractivity contribution in [2.24, 2.45) is 11.8 Å². The molecule has 7 rings (SSSR count). The van der Waals surface area contributed by atoms with E-state index in [4.69, 9.17) is 14.2 Å². The summed E-state index contributed by atoms with van der Waals surface area (Å²) in [6.45, 7) is 13.9. The van der Waals surface area contributed by atoms with Crippen LogP contribution in [0.25, 0.3) is 6.08 Å². The fraction of sp³-hybridized carbons (Fsp3) is 0.500. The van der Waals surface area contributed by atoms with Gasteiger partial charge < -0.3 is 19.3 Å². The first-order valence-corrected chi connectivity index (χ1v) is 13.6. The highest BCUT2D eigenvalue weighted by atomic mass is 16.6. The smallest absolute Gasteiger partial charge is 0.200 e. The molecule has 0 radical (unpaired) electrons. The molecule has 4 bridgehead atoms. The molecule has 38 heavy (non-hydrogen) atoms. The number of aromatic hydroxyl groups is 1. The predicted molar refractivity (Wildman–Crippen MR) is 145 cm³/mol. The van der Waals surface area contributed by atoms with E-state index >= 15 is 0 Å². The lowest BCUT2D eigenvalue weighted by Crippen LogP contribution is -2.72. The van der Waals surface area contributed by atoms with Gasteiger partial charge in [-0.3, -0.25) is 9.59 Å². The van der Waals surface area contributed by atoms with Crippen molar-refractivity contribution in [3.05, 3.63) is 57.7 Å². The van der Waals surface area contributed by atoms with E-state index in [-0.39, 0.29) is 34.9 Å². The predicted octanol–water partition coefficient (Wildman–Crippen LogP) is 6.06. The Morgan fingerprint density at radius 2 is 1.82 bits per heavy atom. The molecule has 1 aromatic carbocycles. The molecule has 2 fully saturated rings. The van der Waals surface area contributed by atoms with Crippen LogP contribution in [0, 0.1) is 11.8 Å². The summed E-state index contributed by atoms with van der Waals surface area (Å²) in [7, 11) is 0. The molecule has 200 valence electrons. The van der Waals surface area contributed by atoms with Crippen molar-refractivity contribution < 1.29 is 28.9 Å². The number of carbonyl (C=O) groups is 2. The van der Waals surface area contributed by atoms with Gasteiger partial charge in [0.15, 0.2) is 22.8 Å². The van der Waals surface area contributed by atoms with Crippen molar-refractivity contribution in [3.63, 3.8) is 0 Å².